The van der Waals surface area contributed by atoms with Crippen molar-refractivity contribution in [3.63, 3.8) is 0 Å². The minimum Gasteiger partial charge on any atom is -0.493 e. The molecule has 0 aromatic heterocycles. The molecule has 174 valence electrons. The molecule has 1 aliphatic rings. The van der Waals surface area contributed by atoms with Crippen LogP contribution in [0, 0.1) is 10.5 Å². The zero-order valence-corrected chi connectivity index (χ0v) is 21.9. The van der Waals surface area contributed by atoms with E-state index >= 15 is 0 Å². The van der Waals surface area contributed by atoms with E-state index in [9.17, 15) is 13.2 Å². The molecule has 1 N–H and O–H groups in total. The van der Waals surface area contributed by atoms with Gasteiger partial charge >= 0.3 is 10.1 Å². The van der Waals surface area contributed by atoms with E-state index in [1.54, 1.807) is 30.3 Å². The van der Waals surface area contributed by atoms with E-state index < -0.39 is 10.1 Å². The van der Waals surface area contributed by atoms with Gasteiger partial charge in [-0.05, 0) is 101 Å². The van der Waals surface area contributed by atoms with Crippen molar-refractivity contribution in [3.05, 3.63) is 86.3 Å². The number of hydrogen-bond acceptors (Lipinski definition) is 7. The predicted molar refractivity (Wildman–Crippen MR) is 142 cm³/mol. The number of ether oxygens (including phenoxy) is 1. The molecule has 7 nitrogen and oxygen atoms in total. The second-order valence-corrected chi connectivity index (χ2v) is 11.0. The SMILES string of the molecule is COc1cc(/C=C2/SC(=Nc3ccc(I)cc3)NC2=O)ccc1OS(=O)(=O)c1ccc(C)cc1. The largest absolute Gasteiger partial charge is 0.493 e. The third-order valence-corrected chi connectivity index (χ3v) is 7.58. The number of rotatable bonds is 6. The maximum Gasteiger partial charge on any atom is 0.339 e. The highest BCUT2D eigenvalue weighted by Gasteiger charge is 2.24. The van der Waals surface area contributed by atoms with Crippen LogP contribution >= 0.6 is 34.4 Å². The van der Waals surface area contributed by atoms with E-state index in [1.807, 2.05) is 31.2 Å². The zero-order valence-electron chi connectivity index (χ0n) is 18.1. The molecule has 0 atom stereocenters. The van der Waals surface area contributed by atoms with E-state index in [2.05, 4.69) is 32.9 Å². The van der Waals surface area contributed by atoms with Crippen LogP contribution in [0.25, 0.3) is 6.08 Å². The van der Waals surface area contributed by atoms with Gasteiger partial charge in [0.25, 0.3) is 5.91 Å². The summed E-state index contributed by atoms with van der Waals surface area (Å²) in [6.45, 7) is 1.87. The lowest BCUT2D eigenvalue weighted by molar-refractivity contribution is -0.115. The number of nitrogens with one attached hydrogen (secondary N) is 1. The van der Waals surface area contributed by atoms with Gasteiger partial charge in [-0.15, -0.1) is 0 Å². The number of carbonyl (C=O) groups is 1. The van der Waals surface area contributed by atoms with Gasteiger partial charge in [0, 0.05) is 3.57 Å². The molecule has 10 heteroatoms. The van der Waals surface area contributed by atoms with Crippen LogP contribution in [-0.2, 0) is 14.9 Å². The van der Waals surface area contributed by atoms with Crippen molar-refractivity contribution in [2.45, 2.75) is 11.8 Å². The Morgan fingerprint density at radius 2 is 1.71 bits per heavy atom. The smallest absolute Gasteiger partial charge is 0.339 e. The van der Waals surface area contributed by atoms with Crippen LogP contribution in [0.3, 0.4) is 0 Å². The van der Waals surface area contributed by atoms with Crippen LogP contribution in [-0.4, -0.2) is 26.6 Å². The van der Waals surface area contributed by atoms with Crippen molar-refractivity contribution in [2.75, 3.05) is 7.11 Å². The molecule has 1 heterocycles. The Kier molecular flexibility index (Phi) is 7.29. The lowest BCUT2D eigenvalue weighted by Crippen LogP contribution is -2.19. The Bertz CT molecular complexity index is 1400. The number of hydrogen-bond donors (Lipinski definition) is 1. The highest BCUT2D eigenvalue weighted by Crippen LogP contribution is 2.34. The molecule has 3 aromatic carbocycles. The van der Waals surface area contributed by atoms with Gasteiger partial charge in [0.1, 0.15) is 4.90 Å². The fourth-order valence-corrected chi connectivity index (χ4v) is 5.12. The molecular formula is C24H19IN2O5S2. The number of amidine groups is 1. The number of aryl methyl sites for hydroxylation is 1. The Morgan fingerprint density at radius 3 is 2.38 bits per heavy atom. The molecule has 0 aliphatic carbocycles. The van der Waals surface area contributed by atoms with Crippen molar-refractivity contribution in [3.8, 4) is 11.5 Å². The number of nitrogens with zero attached hydrogens (tertiary/aromatic N) is 1. The summed E-state index contributed by atoms with van der Waals surface area (Å²) < 4.78 is 37.0. The van der Waals surface area contributed by atoms with Crippen molar-refractivity contribution in [2.24, 2.45) is 4.99 Å². The van der Waals surface area contributed by atoms with Gasteiger partial charge < -0.3 is 14.2 Å². The second-order valence-electron chi connectivity index (χ2n) is 7.22. The summed E-state index contributed by atoms with van der Waals surface area (Å²) in [5.74, 6) is 0.00596. The van der Waals surface area contributed by atoms with Crippen LogP contribution in [0.4, 0.5) is 5.69 Å². The maximum atomic E-state index is 12.6. The zero-order chi connectivity index (χ0) is 24.3. The monoisotopic (exact) mass is 606 g/mol. The topological polar surface area (TPSA) is 94.1 Å². The first kappa shape index (κ1) is 24.3. The molecule has 1 fully saturated rings. The molecule has 3 aromatic rings. The van der Waals surface area contributed by atoms with Crippen LogP contribution in [0.5, 0.6) is 11.5 Å². The Balaban J connectivity index is 1.55. The summed E-state index contributed by atoms with van der Waals surface area (Å²) in [4.78, 5) is 17.4. The average molecular weight is 606 g/mol. The van der Waals surface area contributed by atoms with E-state index in [-0.39, 0.29) is 22.3 Å². The molecule has 1 aliphatic heterocycles. The number of methoxy groups -OCH3 is 1. The van der Waals surface area contributed by atoms with Gasteiger partial charge in [0.15, 0.2) is 16.7 Å². The summed E-state index contributed by atoms with van der Waals surface area (Å²) >= 11 is 3.43. The summed E-state index contributed by atoms with van der Waals surface area (Å²) in [5.41, 5.74) is 2.32. The third-order valence-electron chi connectivity index (χ3n) is 4.70. The third kappa shape index (κ3) is 5.80. The van der Waals surface area contributed by atoms with Gasteiger partial charge in [-0.25, -0.2) is 4.99 Å². The van der Waals surface area contributed by atoms with Gasteiger partial charge in [-0.3, -0.25) is 4.79 Å². The van der Waals surface area contributed by atoms with Crippen molar-refractivity contribution in [1.82, 2.24) is 5.32 Å². The molecular weight excluding hydrogens is 587 g/mol. The van der Waals surface area contributed by atoms with Crippen molar-refractivity contribution >= 4 is 67.3 Å². The standard InChI is InChI=1S/C24H19IN2O5S2/c1-15-3-10-19(11-4-15)34(29,30)32-20-12-5-16(13-21(20)31-2)14-22-23(28)27-24(33-22)26-18-8-6-17(25)7-9-18/h3-14H,1-2H3,(H,26,27,28)/b22-14+. The maximum absolute atomic E-state index is 12.6. The number of amides is 1. The molecule has 34 heavy (non-hydrogen) atoms. The van der Waals surface area contributed by atoms with Crippen LogP contribution in [0.2, 0.25) is 0 Å². The van der Waals surface area contributed by atoms with E-state index in [0.717, 1.165) is 14.8 Å². The van der Waals surface area contributed by atoms with E-state index in [4.69, 9.17) is 8.92 Å². The highest BCUT2D eigenvalue weighted by atomic mass is 127. The van der Waals surface area contributed by atoms with Gasteiger partial charge in [0.2, 0.25) is 0 Å². The van der Waals surface area contributed by atoms with Gasteiger partial charge in [-0.2, -0.15) is 8.42 Å². The second kappa shape index (κ2) is 10.2. The summed E-state index contributed by atoms with van der Waals surface area (Å²) in [6.07, 6.45) is 1.68. The van der Waals surface area contributed by atoms with Crippen molar-refractivity contribution in [1.29, 1.82) is 0 Å². The van der Waals surface area contributed by atoms with E-state index in [1.165, 1.54) is 37.1 Å². The lowest BCUT2D eigenvalue weighted by atomic mass is 10.2. The van der Waals surface area contributed by atoms with Gasteiger partial charge in [0.05, 0.1) is 17.7 Å². The quantitative estimate of drug-likeness (QED) is 0.234. The van der Waals surface area contributed by atoms with Gasteiger partial charge in [-0.1, -0.05) is 23.8 Å². The van der Waals surface area contributed by atoms with Crippen molar-refractivity contribution < 1.29 is 22.1 Å². The van der Waals surface area contributed by atoms with E-state index in [0.29, 0.717) is 15.6 Å². The fourth-order valence-electron chi connectivity index (χ4n) is 2.98. The minimum absolute atomic E-state index is 0.0466. The molecule has 0 saturated carbocycles. The normalized spacial score (nSPS) is 16.0. The number of benzene rings is 3. The minimum atomic E-state index is -4.03. The molecule has 0 radical (unpaired) electrons. The summed E-state index contributed by atoms with van der Waals surface area (Å²) in [5, 5.41) is 3.23. The summed E-state index contributed by atoms with van der Waals surface area (Å²) in [7, 11) is -2.61. The first-order valence-electron chi connectivity index (χ1n) is 9.98. The molecule has 1 saturated heterocycles. The average Bonchev–Trinajstić information content (AvgIpc) is 3.14. The van der Waals surface area contributed by atoms with Crippen LogP contribution < -0.4 is 14.2 Å². The molecule has 4 rings (SSSR count). The highest BCUT2D eigenvalue weighted by molar-refractivity contribution is 14.1. The first-order chi connectivity index (χ1) is 16.2. The first-order valence-corrected chi connectivity index (χ1v) is 13.3. The molecule has 0 spiro atoms. The Morgan fingerprint density at radius 1 is 1.00 bits per heavy atom. The lowest BCUT2D eigenvalue weighted by Gasteiger charge is -2.11. The molecule has 0 bridgehead atoms. The van der Waals surface area contributed by atoms with Crippen LogP contribution in [0.15, 0.2) is 81.5 Å². The number of aliphatic imine (C=N–C) groups is 1. The molecule has 1 amide bonds. The number of halogens is 1. The Labute approximate surface area is 215 Å². The Hall–Kier alpha value is -2.83. The molecule has 0 unspecified atom stereocenters. The number of carbonyl (C=O) groups excluding carboxylic acids is 1. The number of thioether (sulfide) groups is 1. The van der Waals surface area contributed by atoms with Crippen LogP contribution in [0.1, 0.15) is 11.1 Å². The predicted octanol–water partition coefficient (Wildman–Crippen LogP) is 5.27. The summed E-state index contributed by atoms with van der Waals surface area (Å²) in [6, 6.07) is 18.7. The fraction of sp³-hybridized carbons (Fsp3) is 0.0833.